The summed E-state index contributed by atoms with van der Waals surface area (Å²) in [7, 11) is 1.66. The lowest BCUT2D eigenvalue weighted by atomic mass is 9.63. The van der Waals surface area contributed by atoms with Gasteiger partial charge in [0, 0.05) is 12.1 Å². The minimum Gasteiger partial charge on any atom is -0.496 e. The molecule has 0 bridgehead atoms. The van der Waals surface area contributed by atoms with Gasteiger partial charge in [0.2, 0.25) is 5.91 Å². The first-order valence-corrected chi connectivity index (χ1v) is 7.72. The summed E-state index contributed by atoms with van der Waals surface area (Å²) in [6.45, 7) is 0.566. The molecule has 1 fully saturated rings. The van der Waals surface area contributed by atoms with Crippen LogP contribution in [0.3, 0.4) is 0 Å². The highest BCUT2D eigenvalue weighted by atomic mass is 16.5. The van der Waals surface area contributed by atoms with Crippen LogP contribution in [0, 0.1) is 0 Å². The Hall–Kier alpha value is -2.29. The molecule has 114 valence electrons. The van der Waals surface area contributed by atoms with Crippen LogP contribution in [0.1, 0.15) is 30.4 Å². The molecule has 1 saturated carbocycles. The van der Waals surface area contributed by atoms with Crippen LogP contribution in [0.2, 0.25) is 0 Å². The molecule has 1 amide bonds. The number of carbonyl (C=O) groups is 1. The average molecular weight is 295 g/mol. The SMILES string of the molecule is COc1ccccc1C1(C(=O)NCc2ccccc2)CCC1. The van der Waals surface area contributed by atoms with Gasteiger partial charge in [0.05, 0.1) is 12.5 Å². The van der Waals surface area contributed by atoms with Crippen molar-refractivity contribution in [1.29, 1.82) is 0 Å². The minimum atomic E-state index is -0.429. The summed E-state index contributed by atoms with van der Waals surface area (Å²) >= 11 is 0. The smallest absolute Gasteiger partial charge is 0.231 e. The summed E-state index contributed by atoms with van der Waals surface area (Å²) in [5, 5.41) is 3.10. The van der Waals surface area contributed by atoms with Crippen LogP contribution >= 0.6 is 0 Å². The number of benzene rings is 2. The van der Waals surface area contributed by atoms with Crippen LogP contribution < -0.4 is 10.1 Å². The van der Waals surface area contributed by atoms with Crippen LogP contribution in [0.4, 0.5) is 0 Å². The minimum absolute atomic E-state index is 0.104. The molecular weight excluding hydrogens is 274 g/mol. The van der Waals surface area contributed by atoms with E-state index < -0.39 is 5.41 Å². The number of hydrogen-bond acceptors (Lipinski definition) is 2. The molecule has 2 aromatic carbocycles. The summed E-state index contributed by atoms with van der Waals surface area (Å²) in [4.78, 5) is 12.8. The maximum absolute atomic E-state index is 12.8. The average Bonchev–Trinajstić information content (AvgIpc) is 2.53. The van der Waals surface area contributed by atoms with Crippen molar-refractivity contribution in [1.82, 2.24) is 5.32 Å². The van der Waals surface area contributed by atoms with E-state index in [2.05, 4.69) is 5.32 Å². The van der Waals surface area contributed by atoms with E-state index in [0.29, 0.717) is 6.54 Å². The van der Waals surface area contributed by atoms with Gasteiger partial charge in [0.1, 0.15) is 5.75 Å². The van der Waals surface area contributed by atoms with Gasteiger partial charge in [-0.1, -0.05) is 55.0 Å². The Bertz CT molecular complexity index is 647. The predicted molar refractivity (Wildman–Crippen MR) is 86.8 cm³/mol. The number of rotatable bonds is 5. The van der Waals surface area contributed by atoms with Crippen molar-refractivity contribution in [3.8, 4) is 5.75 Å². The zero-order valence-electron chi connectivity index (χ0n) is 12.8. The summed E-state index contributed by atoms with van der Waals surface area (Å²) < 4.78 is 5.46. The Kier molecular flexibility index (Phi) is 4.14. The van der Waals surface area contributed by atoms with Gasteiger partial charge in [-0.25, -0.2) is 0 Å². The first kappa shape index (κ1) is 14.6. The van der Waals surface area contributed by atoms with E-state index in [4.69, 9.17) is 4.74 Å². The number of methoxy groups -OCH3 is 1. The summed E-state index contributed by atoms with van der Waals surface area (Å²) in [6.07, 6.45) is 2.85. The van der Waals surface area contributed by atoms with E-state index >= 15 is 0 Å². The van der Waals surface area contributed by atoms with Crippen LogP contribution in [0.25, 0.3) is 0 Å². The van der Waals surface area contributed by atoms with Crippen molar-refractivity contribution >= 4 is 5.91 Å². The number of ether oxygens (including phenoxy) is 1. The van der Waals surface area contributed by atoms with Gasteiger partial charge in [-0.3, -0.25) is 4.79 Å². The van der Waals surface area contributed by atoms with Gasteiger partial charge in [0.15, 0.2) is 0 Å². The molecule has 3 heteroatoms. The standard InChI is InChI=1S/C19H21NO2/c1-22-17-11-6-5-10-16(17)19(12-7-13-19)18(21)20-14-15-8-3-2-4-9-15/h2-6,8-11H,7,12-14H2,1H3,(H,20,21). The molecule has 0 radical (unpaired) electrons. The van der Waals surface area contributed by atoms with Gasteiger partial charge in [-0.05, 0) is 24.5 Å². The zero-order valence-corrected chi connectivity index (χ0v) is 12.8. The fourth-order valence-electron chi connectivity index (χ4n) is 3.14. The van der Waals surface area contributed by atoms with E-state index in [1.165, 1.54) is 0 Å². The van der Waals surface area contributed by atoms with Crippen molar-refractivity contribution in [2.24, 2.45) is 0 Å². The van der Waals surface area contributed by atoms with E-state index in [-0.39, 0.29) is 5.91 Å². The number of carbonyl (C=O) groups excluding carboxylic acids is 1. The number of para-hydroxylation sites is 1. The Labute approximate surface area is 131 Å². The van der Waals surface area contributed by atoms with Crippen molar-refractivity contribution in [2.45, 2.75) is 31.2 Å². The lowest BCUT2D eigenvalue weighted by Crippen LogP contribution is -2.49. The fraction of sp³-hybridized carbons (Fsp3) is 0.316. The molecule has 0 aliphatic heterocycles. The Morgan fingerprint density at radius 2 is 1.77 bits per heavy atom. The van der Waals surface area contributed by atoms with Crippen LogP contribution in [0.15, 0.2) is 54.6 Å². The maximum Gasteiger partial charge on any atom is 0.231 e. The fourth-order valence-corrected chi connectivity index (χ4v) is 3.14. The lowest BCUT2D eigenvalue weighted by Gasteiger charge is -2.41. The predicted octanol–water partition coefficient (Wildman–Crippen LogP) is 3.43. The second-order valence-electron chi connectivity index (χ2n) is 5.80. The van der Waals surface area contributed by atoms with E-state index in [9.17, 15) is 4.79 Å². The third-order valence-corrected chi connectivity index (χ3v) is 4.56. The van der Waals surface area contributed by atoms with Crippen molar-refractivity contribution in [3.05, 3.63) is 65.7 Å². The summed E-state index contributed by atoms with van der Waals surface area (Å²) in [6, 6.07) is 17.9. The summed E-state index contributed by atoms with van der Waals surface area (Å²) in [5.41, 5.74) is 1.70. The summed E-state index contributed by atoms with van der Waals surface area (Å²) in [5.74, 6) is 0.907. The highest BCUT2D eigenvalue weighted by Crippen LogP contribution is 2.47. The molecule has 0 saturated heterocycles. The first-order chi connectivity index (χ1) is 10.8. The topological polar surface area (TPSA) is 38.3 Å². The Morgan fingerprint density at radius 3 is 2.41 bits per heavy atom. The molecule has 0 unspecified atom stereocenters. The van der Waals surface area contributed by atoms with Gasteiger partial charge in [0.25, 0.3) is 0 Å². The molecule has 1 N–H and O–H groups in total. The molecule has 3 nitrogen and oxygen atoms in total. The highest BCUT2D eigenvalue weighted by molar-refractivity contribution is 5.90. The third kappa shape index (κ3) is 2.59. The molecule has 1 aliphatic carbocycles. The highest BCUT2D eigenvalue weighted by Gasteiger charge is 2.47. The number of nitrogens with one attached hydrogen (secondary N) is 1. The van der Waals surface area contributed by atoms with Gasteiger partial charge in [-0.2, -0.15) is 0 Å². The molecular formula is C19H21NO2. The lowest BCUT2D eigenvalue weighted by molar-refractivity contribution is -0.130. The number of amides is 1. The second kappa shape index (κ2) is 6.22. The number of hydrogen-bond donors (Lipinski definition) is 1. The largest absolute Gasteiger partial charge is 0.496 e. The quantitative estimate of drug-likeness (QED) is 0.917. The molecule has 0 heterocycles. The molecule has 2 aromatic rings. The normalized spacial score (nSPS) is 15.7. The molecule has 22 heavy (non-hydrogen) atoms. The van der Waals surface area contributed by atoms with E-state index in [0.717, 1.165) is 36.1 Å². The van der Waals surface area contributed by atoms with E-state index in [1.807, 2.05) is 54.6 Å². The third-order valence-electron chi connectivity index (χ3n) is 4.56. The van der Waals surface area contributed by atoms with E-state index in [1.54, 1.807) is 7.11 Å². The van der Waals surface area contributed by atoms with Crippen LogP contribution in [0.5, 0.6) is 5.75 Å². The van der Waals surface area contributed by atoms with Crippen LogP contribution in [-0.2, 0) is 16.8 Å². The molecule has 0 spiro atoms. The van der Waals surface area contributed by atoms with Gasteiger partial charge >= 0.3 is 0 Å². The monoisotopic (exact) mass is 295 g/mol. The molecule has 0 aromatic heterocycles. The van der Waals surface area contributed by atoms with Crippen molar-refractivity contribution in [3.63, 3.8) is 0 Å². The molecule has 3 rings (SSSR count). The van der Waals surface area contributed by atoms with Crippen molar-refractivity contribution < 1.29 is 9.53 Å². The Morgan fingerprint density at radius 1 is 1.09 bits per heavy atom. The van der Waals surface area contributed by atoms with Crippen molar-refractivity contribution in [2.75, 3.05) is 7.11 Å². The van der Waals surface area contributed by atoms with Crippen LogP contribution in [-0.4, -0.2) is 13.0 Å². The Balaban J connectivity index is 1.79. The molecule has 1 aliphatic rings. The van der Waals surface area contributed by atoms with Gasteiger partial charge in [-0.15, -0.1) is 0 Å². The maximum atomic E-state index is 12.8. The first-order valence-electron chi connectivity index (χ1n) is 7.72. The van der Waals surface area contributed by atoms with Gasteiger partial charge < -0.3 is 10.1 Å². The second-order valence-corrected chi connectivity index (χ2v) is 5.80. The molecule has 0 atom stereocenters. The zero-order chi connectivity index (χ0) is 15.4.